The van der Waals surface area contributed by atoms with Crippen LogP contribution in [0.5, 0.6) is 0 Å². The Kier molecular flexibility index (Phi) is 6.97. The van der Waals surface area contributed by atoms with Crippen LogP contribution in [0.3, 0.4) is 0 Å². The van der Waals surface area contributed by atoms with Gasteiger partial charge in [-0.2, -0.15) is 0 Å². The molecule has 250 valence electrons. The van der Waals surface area contributed by atoms with Crippen molar-refractivity contribution in [3.8, 4) is 44.5 Å². The summed E-state index contributed by atoms with van der Waals surface area (Å²) in [6, 6.07) is 76.1. The molecule has 0 unspecified atom stereocenters. The van der Waals surface area contributed by atoms with Crippen molar-refractivity contribution in [1.29, 1.82) is 0 Å². The van der Waals surface area contributed by atoms with Gasteiger partial charge < -0.3 is 0 Å². The highest BCUT2D eigenvalue weighted by Crippen LogP contribution is 2.37. The van der Waals surface area contributed by atoms with Gasteiger partial charge >= 0.3 is 0 Å². The first-order chi connectivity index (χ1) is 26.7. The molecule has 0 amide bonds. The van der Waals surface area contributed by atoms with Crippen molar-refractivity contribution in [2.24, 2.45) is 0 Å². The van der Waals surface area contributed by atoms with Gasteiger partial charge in [0.1, 0.15) is 0 Å². The summed E-state index contributed by atoms with van der Waals surface area (Å²) in [5.74, 6) is 0. The molecule has 0 saturated heterocycles. The summed E-state index contributed by atoms with van der Waals surface area (Å²) in [5, 5.41) is 15.3. The molecule has 0 spiro atoms. The van der Waals surface area contributed by atoms with Crippen LogP contribution in [0.4, 0.5) is 0 Å². The van der Waals surface area contributed by atoms with E-state index in [1.807, 2.05) is 0 Å². The van der Waals surface area contributed by atoms with Crippen LogP contribution >= 0.6 is 0 Å². The summed E-state index contributed by atoms with van der Waals surface area (Å²) in [7, 11) is 0. The van der Waals surface area contributed by atoms with Crippen LogP contribution in [0.25, 0.3) is 109 Å². The minimum atomic E-state index is 1.23. The lowest BCUT2D eigenvalue weighted by atomic mass is 9.92. The minimum absolute atomic E-state index is 1.23. The second kappa shape index (κ2) is 12.3. The Morgan fingerprint density at radius 1 is 0.167 bits per heavy atom. The van der Waals surface area contributed by atoms with E-state index in [4.69, 9.17) is 0 Å². The van der Waals surface area contributed by atoms with Crippen LogP contribution in [0.2, 0.25) is 0 Å². The van der Waals surface area contributed by atoms with E-state index < -0.39 is 0 Å². The van der Waals surface area contributed by atoms with Gasteiger partial charge in [-0.3, -0.25) is 0 Å². The smallest absolute Gasteiger partial charge is 0.0105 e. The van der Waals surface area contributed by atoms with Crippen molar-refractivity contribution in [1.82, 2.24) is 0 Å². The molecule has 0 aromatic heterocycles. The minimum Gasteiger partial charge on any atom is -0.0616 e. The van der Waals surface area contributed by atoms with Crippen molar-refractivity contribution in [2.45, 2.75) is 0 Å². The van der Waals surface area contributed by atoms with E-state index in [0.29, 0.717) is 0 Å². The molecule has 0 bridgehead atoms. The van der Waals surface area contributed by atoms with Gasteiger partial charge in [0, 0.05) is 0 Å². The first-order valence-corrected chi connectivity index (χ1v) is 18.7. The molecule has 11 rings (SSSR count). The molecule has 0 fully saturated rings. The second-order valence-corrected chi connectivity index (χ2v) is 14.5. The fourth-order valence-electron chi connectivity index (χ4n) is 8.67. The average Bonchev–Trinajstić information content (AvgIpc) is 3.25. The highest BCUT2D eigenvalue weighted by atomic mass is 14.1. The van der Waals surface area contributed by atoms with E-state index in [0.717, 1.165) is 0 Å². The van der Waals surface area contributed by atoms with Gasteiger partial charge in [-0.15, -0.1) is 0 Å². The molecule has 54 heavy (non-hydrogen) atoms. The van der Waals surface area contributed by atoms with Crippen molar-refractivity contribution in [3.05, 3.63) is 206 Å². The number of rotatable bonds is 4. The molecule has 0 aliphatic carbocycles. The SMILES string of the molecule is c1cc(-c2ccc3c(ccc4cc(-c5ccc6c(ccc7cc(-c8cccc9ccccc89)ccc76)c5)ccc43)c2)cc(-c2cccc3ccccc23)c1. The maximum Gasteiger partial charge on any atom is -0.0105 e. The lowest BCUT2D eigenvalue weighted by Crippen LogP contribution is -1.86. The van der Waals surface area contributed by atoms with Crippen molar-refractivity contribution in [3.63, 3.8) is 0 Å². The van der Waals surface area contributed by atoms with Gasteiger partial charge in [-0.1, -0.05) is 176 Å². The summed E-state index contributed by atoms with van der Waals surface area (Å²) in [6.45, 7) is 0. The molecule has 0 heteroatoms. The van der Waals surface area contributed by atoms with Crippen LogP contribution in [0.15, 0.2) is 206 Å². The molecule has 0 radical (unpaired) electrons. The molecule has 11 aromatic carbocycles. The number of hydrogen-bond donors (Lipinski definition) is 0. The van der Waals surface area contributed by atoms with Gasteiger partial charge in [0.2, 0.25) is 0 Å². The molecular formula is C54H34. The maximum atomic E-state index is 2.34. The summed E-state index contributed by atoms with van der Waals surface area (Å²) >= 11 is 0. The standard InChI is InChI=1S/C54H34/c1-3-14-47-35(8-1)10-6-16-49(47)41-13-5-12-37(30-41)38-22-26-51-42(31-38)18-19-43-32-39(23-27-52(43)51)40-24-28-53-44(33-40)20-21-45-34-46(25-29-54(45)53)50-17-7-11-36-9-2-4-15-48(36)50/h1-34H. The van der Waals surface area contributed by atoms with Gasteiger partial charge in [0.25, 0.3) is 0 Å². The Morgan fingerprint density at radius 3 is 0.981 bits per heavy atom. The zero-order valence-electron chi connectivity index (χ0n) is 29.6. The number of benzene rings is 11. The second-order valence-electron chi connectivity index (χ2n) is 14.5. The monoisotopic (exact) mass is 682 g/mol. The number of fused-ring (bicyclic) bond motifs is 8. The lowest BCUT2D eigenvalue weighted by Gasteiger charge is -2.12. The average molecular weight is 683 g/mol. The molecule has 0 atom stereocenters. The normalized spacial score (nSPS) is 11.7. The first-order valence-electron chi connectivity index (χ1n) is 18.7. The van der Waals surface area contributed by atoms with Gasteiger partial charge in [-0.25, -0.2) is 0 Å². The fraction of sp³-hybridized carbons (Fsp3) is 0. The van der Waals surface area contributed by atoms with Gasteiger partial charge in [0.15, 0.2) is 0 Å². The third-order valence-corrected chi connectivity index (χ3v) is 11.4. The fourth-order valence-corrected chi connectivity index (χ4v) is 8.67. The van der Waals surface area contributed by atoms with Crippen molar-refractivity contribution >= 4 is 64.6 Å². The molecule has 0 nitrogen and oxygen atoms in total. The van der Waals surface area contributed by atoms with Crippen molar-refractivity contribution in [2.75, 3.05) is 0 Å². The van der Waals surface area contributed by atoms with E-state index in [1.165, 1.54) is 109 Å². The highest BCUT2D eigenvalue weighted by molar-refractivity contribution is 6.12. The Morgan fingerprint density at radius 2 is 0.500 bits per heavy atom. The molecule has 0 aliphatic heterocycles. The molecule has 0 N–H and O–H groups in total. The quantitative estimate of drug-likeness (QED) is 0.162. The molecule has 0 heterocycles. The zero-order valence-corrected chi connectivity index (χ0v) is 29.6. The Labute approximate surface area is 314 Å². The summed E-state index contributed by atoms with van der Waals surface area (Å²) in [4.78, 5) is 0. The predicted molar refractivity (Wildman–Crippen MR) is 233 cm³/mol. The molecule has 0 aliphatic rings. The van der Waals surface area contributed by atoms with Crippen LogP contribution in [0.1, 0.15) is 0 Å². The number of hydrogen-bond acceptors (Lipinski definition) is 0. The lowest BCUT2D eigenvalue weighted by molar-refractivity contribution is 1.62. The molecule has 11 aromatic rings. The van der Waals surface area contributed by atoms with E-state index in [2.05, 4.69) is 206 Å². The van der Waals surface area contributed by atoms with Gasteiger partial charge in [0.05, 0.1) is 0 Å². The van der Waals surface area contributed by atoms with Gasteiger partial charge in [-0.05, 0) is 139 Å². The summed E-state index contributed by atoms with van der Waals surface area (Å²) in [5.41, 5.74) is 9.96. The van der Waals surface area contributed by atoms with Crippen LogP contribution in [-0.2, 0) is 0 Å². The van der Waals surface area contributed by atoms with E-state index in [-0.39, 0.29) is 0 Å². The van der Waals surface area contributed by atoms with Crippen LogP contribution in [0, 0.1) is 0 Å². The Hall–Kier alpha value is -7.02. The van der Waals surface area contributed by atoms with Crippen LogP contribution < -0.4 is 0 Å². The first kappa shape index (κ1) is 30.6. The molecule has 0 saturated carbocycles. The predicted octanol–water partition coefficient (Wildman–Crippen LogP) is 15.3. The van der Waals surface area contributed by atoms with E-state index in [1.54, 1.807) is 0 Å². The largest absolute Gasteiger partial charge is 0.0616 e. The van der Waals surface area contributed by atoms with Crippen molar-refractivity contribution < 1.29 is 0 Å². The third kappa shape index (κ3) is 5.07. The highest BCUT2D eigenvalue weighted by Gasteiger charge is 2.11. The molecular weight excluding hydrogens is 649 g/mol. The summed E-state index contributed by atoms with van der Waals surface area (Å²) < 4.78 is 0. The Balaban J connectivity index is 0.918. The summed E-state index contributed by atoms with van der Waals surface area (Å²) in [6.07, 6.45) is 0. The van der Waals surface area contributed by atoms with E-state index >= 15 is 0 Å². The maximum absolute atomic E-state index is 2.34. The Bertz CT molecular complexity index is 3260. The van der Waals surface area contributed by atoms with E-state index in [9.17, 15) is 0 Å². The van der Waals surface area contributed by atoms with Crippen LogP contribution in [-0.4, -0.2) is 0 Å². The zero-order chi connectivity index (χ0) is 35.6. The third-order valence-electron chi connectivity index (χ3n) is 11.4. The topological polar surface area (TPSA) is 0 Å².